The van der Waals surface area contributed by atoms with E-state index in [1.807, 2.05) is 19.1 Å². The monoisotopic (exact) mass is 295 g/mol. The summed E-state index contributed by atoms with van der Waals surface area (Å²) in [5.41, 5.74) is 1.52. The van der Waals surface area contributed by atoms with Crippen LogP contribution in [0.1, 0.15) is 41.0 Å². The third-order valence-corrected chi connectivity index (χ3v) is 6.95. The normalized spacial score (nSPS) is 20.6. The van der Waals surface area contributed by atoms with Gasteiger partial charge in [-0.25, -0.2) is 8.42 Å². The summed E-state index contributed by atoms with van der Waals surface area (Å²) in [6.07, 6.45) is 0.646. The first-order valence-corrected chi connectivity index (χ1v) is 8.87. The summed E-state index contributed by atoms with van der Waals surface area (Å²) in [5.74, 6) is 0.211. The van der Waals surface area contributed by atoms with Crippen molar-refractivity contribution in [2.24, 2.45) is 10.8 Å². The van der Waals surface area contributed by atoms with E-state index < -0.39 is 9.84 Å². The van der Waals surface area contributed by atoms with Crippen LogP contribution < -0.4 is 5.32 Å². The van der Waals surface area contributed by atoms with Crippen molar-refractivity contribution in [2.75, 3.05) is 11.1 Å². The molecular formula is C16H25NO2S. The fourth-order valence-electron chi connectivity index (χ4n) is 2.87. The van der Waals surface area contributed by atoms with Crippen molar-refractivity contribution < 1.29 is 8.42 Å². The summed E-state index contributed by atoms with van der Waals surface area (Å²) in [4.78, 5) is 0.416. The molecule has 0 aromatic heterocycles. The van der Waals surface area contributed by atoms with E-state index in [-0.39, 0.29) is 16.6 Å². The Bertz CT molecular complexity index is 571. The third-order valence-electron chi connectivity index (χ3n) is 5.02. The van der Waals surface area contributed by atoms with Gasteiger partial charge in [-0.05, 0) is 41.5 Å². The van der Waals surface area contributed by atoms with Crippen molar-refractivity contribution in [3.05, 3.63) is 24.3 Å². The molecule has 0 unspecified atom stereocenters. The molecule has 0 heterocycles. The molecular weight excluding hydrogens is 270 g/mol. The highest BCUT2D eigenvalue weighted by Crippen LogP contribution is 2.63. The maximum absolute atomic E-state index is 12.0. The molecule has 0 radical (unpaired) electrons. The van der Waals surface area contributed by atoms with Gasteiger partial charge in [-0.3, -0.25) is 0 Å². The van der Waals surface area contributed by atoms with Crippen LogP contribution in [-0.4, -0.2) is 20.2 Å². The summed E-state index contributed by atoms with van der Waals surface area (Å²) < 4.78 is 23.9. The Morgan fingerprint density at radius 3 is 1.95 bits per heavy atom. The van der Waals surface area contributed by atoms with Crippen LogP contribution in [0.5, 0.6) is 0 Å². The Hall–Kier alpha value is -1.03. The topological polar surface area (TPSA) is 46.2 Å². The second-order valence-electron chi connectivity index (χ2n) is 6.86. The lowest BCUT2D eigenvalue weighted by atomic mass is 10.0. The molecule has 1 N–H and O–H groups in total. The van der Waals surface area contributed by atoms with Crippen molar-refractivity contribution in [2.45, 2.75) is 52.0 Å². The lowest BCUT2D eigenvalue weighted by molar-refractivity contribution is 0.457. The first-order chi connectivity index (χ1) is 9.13. The molecule has 1 aromatic carbocycles. The minimum Gasteiger partial charge on any atom is -0.381 e. The molecule has 0 bridgehead atoms. The maximum Gasteiger partial charge on any atom is 0.178 e. The molecule has 4 heteroatoms. The Labute approximate surface area is 122 Å². The summed E-state index contributed by atoms with van der Waals surface area (Å²) >= 11 is 0. The van der Waals surface area contributed by atoms with Crippen LogP contribution >= 0.6 is 0 Å². The van der Waals surface area contributed by atoms with Gasteiger partial charge in [0.1, 0.15) is 0 Å². The van der Waals surface area contributed by atoms with Crippen LogP contribution in [-0.2, 0) is 9.84 Å². The zero-order chi connectivity index (χ0) is 15.2. The Balaban J connectivity index is 2.11. The lowest BCUT2D eigenvalue weighted by Crippen LogP contribution is -2.10. The van der Waals surface area contributed by atoms with Gasteiger partial charge in [-0.15, -0.1) is 0 Å². The van der Waals surface area contributed by atoms with Gasteiger partial charge >= 0.3 is 0 Å². The van der Waals surface area contributed by atoms with E-state index in [0.717, 1.165) is 5.69 Å². The van der Waals surface area contributed by atoms with Crippen molar-refractivity contribution in [3.63, 3.8) is 0 Å². The van der Waals surface area contributed by atoms with E-state index in [9.17, 15) is 8.42 Å². The quantitative estimate of drug-likeness (QED) is 0.900. The second kappa shape index (κ2) is 4.76. The number of sulfone groups is 1. The molecule has 1 aromatic rings. The van der Waals surface area contributed by atoms with E-state index in [1.165, 1.54) is 0 Å². The van der Waals surface area contributed by atoms with Gasteiger partial charge in [-0.1, -0.05) is 34.6 Å². The molecule has 0 spiro atoms. The number of nitrogens with one attached hydrogen (secondary N) is 1. The van der Waals surface area contributed by atoms with E-state index in [2.05, 4.69) is 33.0 Å². The number of rotatable bonds is 5. The average molecular weight is 295 g/mol. The van der Waals surface area contributed by atoms with Crippen LogP contribution in [0.2, 0.25) is 0 Å². The van der Waals surface area contributed by atoms with Crippen LogP contribution in [0.3, 0.4) is 0 Å². The third kappa shape index (κ3) is 2.46. The van der Waals surface area contributed by atoms with E-state index in [1.54, 1.807) is 12.1 Å². The number of hydrogen-bond acceptors (Lipinski definition) is 3. The van der Waals surface area contributed by atoms with Gasteiger partial charge in [0.25, 0.3) is 0 Å². The Morgan fingerprint density at radius 2 is 1.55 bits per heavy atom. The largest absolute Gasteiger partial charge is 0.381 e. The predicted octanol–water partition coefficient (Wildman–Crippen LogP) is 3.72. The summed E-state index contributed by atoms with van der Waals surface area (Å²) in [5, 5.41) is 3.51. The molecule has 0 amide bonds. The highest BCUT2D eigenvalue weighted by molar-refractivity contribution is 7.91. The molecule has 3 nitrogen and oxygen atoms in total. The van der Waals surface area contributed by atoms with Crippen LogP contribution in [0.15, 0.2) is 29.2 Å². The summed E-state index contributed by atoms with van der Waals surface area (Å²) in [6.45, 7) is 10.9. The standard InChI is InChI=1S/C16H25NO2S/c1-6-11-20(18,19)13-9-7-12(8-10-13)17-14-15(2,3)16(14,4)5/h7-10,14,17H,6,11H2,1-5H3. The van der Waals surface area contributed by atoms with Crippen molar-refractivity contribution in [1.82, 2.24) is 0 Å². The number of benzene rings is 1. The van der Waals surface area contributed by atoms with E-state index in [0.29, 0.717) is 17.4 Å². The summed E-state index contributed by atoms with van der Waals surface area (Å²) in [7, 11) is -3.11. The first kappa shape index (κ1) is 15.4. The summed E-state index contributed by atoms with van der Waals surface area (Å²) in [6, 6.07) is 7.57. The molecule has 0 aliphatic heterocycles. The molecule has 1 aliphatic carbocycles. The minimum absolute atomic E-state index is 0.211. The fraction of sp³-hybridized carbons (Fsp3) is 0.625. The molecule has 2 rings (SSSR count). The second-order valence-corrected chi connectivity index (χ2v) is 8.97. The smallest absolute Gasteiger partial charge is 0.178 e. The van der Waals surface area contributed by atoms with Crippen LogP contribution in [0.25, 0.3) is 0 Å². The van der Waals surface area contributed by atoms with Crippen molar-refractivity contribution in [3.8, 4) is 0 Å². The van der Waals surface area contributed by atoms with Gasteiger partial charge in [0, 0.05) is 11.7 Å². The fourth-order valence-corrected chi connectivity index (χ4v) is 4.19. The average Bonchev–Trinajstić information content (AvgIpc) is 2.72. The molecule has 1 fully saturated rings. The highest BCUT2D eigenvalue weighted by atomic mass is 32.2. The van der Waals surface area contributed by atoms with Gasteiger partial charge in [0.2, 0.25) is 0 Å². The molecule has 20 heavy (non-hydrogen) atoms. The van der Waals surface area contributed by atoms with Gasteiger partial charge < -0.3 is 5.32 Å². The van der Waals surface area contributed by atoms with Crippen LogP contribution in [0.4, 0.5) is 5.69 Å². The zero-order valence-corrected chi connectivity index (χ0v) is 13.8. The first-order valence-electron chi connectivity index (χ1n) is 7.22. The molecule has 0 saturated heterocycles. The SMILES string of the molecule is CCCS(=O)(=O)c1ccc(NC2C(C)(C)C2(C)C)cc1. The van der Waals surface area contributed by atoms with Gasteiger partial charge in [0.05, 0.1) is 10.6 Å². The van der Waals surface area contributed by atoms with Gasteiger partial charge in [-0.2, -0.15) is 0 Å². The molecule has 1 saturated carbocycles. The van der Waals surface area contributed by atoms with E-state index in [4.69, 9.17) is 0 Å². The number of anilines is 1. The molecule has 0 atom stereocenters. The minimum atomic E-state index is -3.11. The maximum atomic E-state index is 12.0. The predicted molar refractivity (Wildman–Crippen MR) is 83.8 cm³/mol. The molecule has 1 aliphatic rings. The Morgan fingerprint density at radius 1 is 1.05 bits per heavy atom. The van der Waals surface area contributed by atoms with Crippen LogP contribution in [0, 0.1) is 10.8 Å². The van der Waals surface area contributed by atoms with E-state index >= 15 is 0 Å². The lowest BCUT2D eigenvalue weighted by Gasteiger charge is -2.09. The zero-order valence-electron chi connectivity index (χ0n) is 13.0. The number of hydrogen-bond donors (Lipinski definition) is 1. The highest BCUT2D eigenvalue weighted by Gasteiger charge is 2.64. The van der Waals surface area contributed by atoms with Crippen molar-refractivity contribution in [1.29, 1.82) is 0 Å². The van der Waals surface area contributed by atoms with Crippen molar-refractivity contribution >= 4 is 15.5 Å². The molecule has 112 valence electrons. The Kier molecular flexibility index (Phi) is 3.66. The van der Waals surface area contributed by atoms with Gasteiger partial charge in [0.15, 0.2) is 9.84 Å².